The molecule has 2 N–H and O–H groups in total. The molecular weight excluding hydrogens is 388 g/mol. The zero-order chi connectivity index (χ0) is 20.6. The van der Waals surface area contributed by atoms with Crippen LogP contribution in [-0.4, -0.2) is 60.9 Å². The van der Waals surface area contributed by atoms with E-state index in [1.165, 1.54) is 5.56 Å². The first-order chi connectivity index (χ1) is 14.0. The van der Waals surface area contributed by atoms with E-state index in [-0.39, 0.29) is 11.8 Å². The van der Waals surface area contributed by atoms with E-state index in [0.29, 0.717) is 23.8 Å². The van der Waals surface area contributed by atoms with Crippen LogP contribution in [0.15, 0.2) is 48.5 Å². The molecule has 0 aromatic heterocycles. The summed E-state index contributed by atoms with van der Waals surface area (Å²) in [5.41, 5.74) is 2.66. The van der Waals surface area contributed by atoms with Crippen molar-refractivity contribution in [2.24, 2.45) is 0 Å². The summed E-state index contributed by atoms with van der Waals surface area (Å²) in [6, 6.07) is 15.1. The van der Waals surface area contributed by atoms with Gasteiger partial charge in [0.25, 0.3) is 0 Å². The fourth-order valence-corrected chi connectivity index (χ4v) is 3.52. The van der Waals surface area contributed by atoms with Gasteiger partial charge in [0.2, 0.25) is 11.8 Å². The van der Waals surface area contributed by atoms with Gasteiger partial charge in [-0.2, -0.15) is 0 Å². The molecule has 1 fully saturated rings. The minimum atomic E-state index is -0.0832. The maximum absolute atomic E-state index is 12.3. The monoisotopic (exact) mass is 414 g/mol. The van der Waals surface area contributed by atoms with Gasteiger partial charge in [-0.1, -0.05) is 42.8 Å². The van der Waals surface area contributed by atoms with Gasteiger partial charge in [-0.3, -0.25) is 19.4 Å². The highest BCUT2D eigenvalue weighted by Gasteiger charge is 2.21. The summed E-state index contributed by atoms with van der Waals surface area (Å²) in [7, 11) is 0. The fourth-order valence-electron chi connectivity index (χ4n) is 3.33. The normalized spacial score (nSPS) is 15.1. The molecule has 1 aliphatic rings. The third kappa shape index (κ3) is 6.56. The summed E-state index contributed by atoms with van der Waals surface area (Å²) in [5, 5.41) is 6.35. The summed E-state index contributed by atoms with van der Waals surface area (Å²) in [4.78, 5) is 28.8. The van der Waals surface area contributed by atoms with Crippen LogP contribution in [0.5, 0.6) is 0 Å². The quantitative estimate of drug-likeness (QED) is 0.730. The van der Waals surface area contributed by atoms with Crippen LogP contribution < -0.4 is 10.6 Å². The van der Waals surface area contributed by atoms with E-state index in [1.54, 1.807) is 12.1 Å². The second-order valence-corrected chi connectivity index (χ2v) is 7.59. The molecule has 2 aromatic rings. The largest absolute Gasteiger partial charge is 0.325 e. The van der Waals surface area contributed by atoms with Crippen molar-refractivity contribution >= 4 is 34.8 Å². The van der Waals surface area contributed by atoms with Gasteiger partial charge in [0.15, 0.2) is 0 Å². The summed E-state index contributed by atoms with van der Waals surface area (Å²) in [6.07, 6.45) is 0.940. The third-order valence-corrected chi connectivity index (χ3v) is 5.30. The van der Waals surface area contributed by atoms with E-state index in [2.05, 4.69) is 33.4 Å². The smallest absolute Gasteiger partial charge is 0.238 e. The van der Waals surface area contributed by atoms with Crippen molar-refractivity contribution in [3.05, 3.63) is 59.1 Å². The lowest BCUT2D eigenvalue weighted by Crippen LogP contribution is -2.50. The highest BCUT2D eigenvalue weighted by Crippen LogP contribution is 2.20. The predicted molar refractivity (Wildman–Crippen MR) is 117 cm³/mol. The van der Waals surface area contributed by atoms with Crippen LogP contribution in [0.25, 0.3) is 0 Å². The molecule has 154 valence electrons. The molecule has 1 heterocycles. The number of piperazine rings is 1. The Morgan fingerprint density at radius 2 is 1.52 bits per heavy atom. The van der Waals surface area contributed by atoms with Crippen LogP contribution in [0.2, 0.25) is 5.02 Å². The number of hydrogen-bond donors (Lipinski definition) is 2. The summed E-state index contributed by atoms with van der Waals surface area (Å²) >= 11 is 6.08. The Morgan fingerprint density at radius 1 is 0.897 bits per heavy atom. The van der Waals surface area contributed by atoms with E-state index in [1.807, 2.05) is 30.3 Å². The topological polar surface area (TPSA) is 64.7 Å². The lowest BCUT2D eigenvalue weighted by molar-refractivity contribution is -0.120. The Labute approximate surface area is 176 Å². The standard InChI is InChI=1S/C22H27ClN4O2/c1-2-17-6-5-7-18(14-17)24-21(28)15-26-10-12-27(13-11-26)16-22(29)25-20-9-4-3-8-19(20)23/h3-9,14H,2,10-13,15-16H2,1H3,(H,24,28)(H,25,29). The van der Waals surface area contributed by atoms with E-state index in [4.69, 9.17) is 11.6 Å². The molecule has 0 spiro atoms. The van der Waals surface area contributed by atoms with Gasteiger partial charge in [0, 0.05) is 31.9 Å². The number of rotatable bonds is 7. The van der Waals surface area contributed by atoms with Crippen LogP contribution in [0.3, 0.4) is 0 Å². The molecule has 1 aliphatic heterocycles. The lowest BCUT2D eigenvalue weighted by atomic mass is 10.1. The van der Waals surface area contributed by atoms with Crippen molar-refractivity contribution < 1.29 is 9.59 Å². The van der Waals surface area contributed by atoms with Crippen molar-refractivity contribution in [3.63, 3.8) is 0 Å². The molecule has 0 saturated carbocycles. The van der Waals surface area contributed by atoms with E-state index in [9.17, 15) is 9.59 Å². The first kappa shape index (κ1) is 21.3. The van der Waals surface area contributed by atoms with Crippen LogP contribution >= 0.6 is 11.6 Å². The number of hydrogen-bond acceptors (Lipinski definition) is 4. The minimum absolute atomic E-state index is 0.0110. The number of anilines is 2. The van der Waals surface area contributed by atoms with Gasteiger partial charge in [-0.15, -0.1) is 0 Å². The summed E-state index contributed by atoms with van der Waals surface area (Å²) < 4.78 is 0. The molecule has 6 nitrogen and oxygen atoms in total. The molecule has 2 aromatic carbocycles. The zero-order valence-corrected chi connectivity index (χ0v) is 17.4. The number of carbonyl (C=O) groups excluding carboxylic acids is 2. The molecule has 7 heteroatoms. The van der Waals surface area contributed by atoms with Gasteiger partial charge >= 0.3 is 0 Å². The molecule has 0 bridgehead atoms. The average Bonchev–Trinajstić information content (AvgIpc) is 2.71. The van der Waals surface area contributed by atoms with E-state index >= 15 is 0 Å². The summed E-state index contributed by atoms with van der Waals surface area (Å²) in [6.45, 7) is 5.76. The third-order valence-electron chi connectivity index (χ3n) is 4.97. The molecule has 0 radical (unpaired) electrons. The number of benzene rings is 2. The Bertz CT molecular complexity index is 850. The second-order valence-electron chi connectivity index (χ2n) is 7.18. The van der Waals surface area contributed by atoms with Gasteiger partial charge < -0.3 is 10.6 Å². The van der Waals surface area contributed by atoms with Gasteiger partial charge in [-0.25, -0.2) is 0 Å². The van der Waals surface area contributed by atoms with Crippen molar-refractivity contribution in [2.45, 2.75) is 13.3 Å². The highest BCUT2D eigenvalue weighted by atomic mass is 35.5. The maximum atomic E-state index is 12.3. The Morgan fingerprint density at radius 3 is 2.14 bits per heavy atom. The van der Waals surface area contributed by atoms with E-state index < -0.39 is 0 Å². The molecule has 0 unspecified atom stereocenters. The molecule has 1 saturated heterocycles. The van der Waals surface area contributed by atoms with Crippen molar-refractivity contribution in [2.75, 3.05) is 49.9 Å². The molecule has 0 atom stereocenters. The fraction of sp³-hybridized carbons (Fsp3) is 0.364. The van der Waals surface area contributed by atoms with Gasteiger partial charge in [-0.05, 0) is 36.2 Å². The Hall–Kier alpha value is -2.41. The first-order valence-corrected chi connectivity index (χ1v) is 10.3. The average molecular weight is 415 g/mol. The van der Waals surface area contributed by atoms with Crippen molar-refractivity contribution in [3.8, 4) is 0 Å². The molecular formula is C22H27ClN4O2. The Balaban J connectivity index is 1.40. The first-order valence-electron chi connectivity index (χ1n) is 9.91. The number of para-hydroxylation sites is 1. The number of nitrogens with zero attached hydrogens (tertiary/aromatic N) is 2. The molecule has 0 aliphatic carbocycles. The molecule has 29 heavy (non-hydrogen) atoms. The predicted octanol–water partition coefficient (Wildman–Crippen LogP) is 3.10. The number of carbonyl (C=O) groups is 2. The van der Waals surface area contributed by atoms with Crippen molar-refractivity contribution in [1.82, 2.24) is 9.80 Å². The van der Waals surface area contributed by atoms with Gasteiger partial charge in [0.05, 0.1) is 23.8 Å². The van der Waals surface area contributed by atoms with Crippen LogP contribution in [0.4, 0.5) is 11.4 Å². The molecule has 2 amide bonds. The number of amides is 2. The van der Waals surface area contributed by atoms with E-state index in [0.717, 1.165) is 38.3 Å². The lowest BCUT2D eigenvalue weighted by Gasteiger charge is -2.33. The highest BCUT2D eigenvalue weighted by molar-refractivity contribution is 6.33. The zero-order valence-electron chi connectivity index (χ0n) is 16.7. The van der Waals surface area contributed by atoms with Crippen LogP contribution in [-0.2, 0) is 16.0 Å². The number of halogens is 1. The minimum Gasteiger partial charge on any atom is -0.325 e. The Kier molecular flexibility index (Phi) is 7.63. The maximum Gasteiger partial charge on any atom is 0.238 e. The molecule has 3 rings (SSSR count). The van der Waals surface area contributed by atoms with Crippen LogP contribution in [0.1, 0.15) is 12.5 Å². The second kappa shape index (κ2) is 10.4. The SMILES string of the molecule is CCc1cccc(NC(=O)CN2CCN(CC(=O)Nc3ccccc3Cl)CC2)c1. The number of nitrogens with one attached hydrogen (secondary N) is 2. The summed E-state index contributed by atoms with van der Waals surface area (Å²) in [5.74, 6) is -0.0942. The van der Waals surface area contributed by atoms with Gasteiger partial charge in [0.1, 0.15) is 0 Å². The number of aryl methyl sites for hydroxylation is 1. The van der Waals surface area contributed by atoms with Crippen molar-refractivity contribution in [1.29, 1.82) is 0 Å². The van der Waals surface area contributed by atoms with Crippen LogP contribution in [0, 0.1) is 0 Å².